The fourth-order valence-electron chi connectivity index (χ4n) is 2.40. The van der Waals surface area contributed by atoms with Gasteiger partial charge in [-0.1, -0.05) is 17.3 Å². The van der Waals surface area contributed by atoms with Gasteiger partial charge in [0, 0.05) is 24.5 Å². The van der Waals surface area contributed by atoms with Gasteiger partial charge in [0.25, 0.3) is 5.89 Å². The average Bonchev–Trinajstić information content (AvgIpc) is 2.97. The van der Waals surface area contributed by atoms with Gasteiger partial charge in [-0.3, -0.25) is 4.90 Å². The molecule has 6 heteroatoms. The Balaban J connectivity index is 1.90. The van der Waals surface area contributed by atoms with E-state index in [1.165, 1.54) is 0 Å². The van der Waals surface area contributed by atoms with Crippen molar-refractivity contribution in [3.05, 3.63) is 30.1 Å². The molecule has 20 heavy (non-hydrogen) atoms. The molecule has 2 heterocycles. The van der Waals surface area contributed by atoms with Gasteiger partial charge in [-0.15, -0.1) is 11.8 Å². The Morgan fingerprint density at radius 3 is 3.05 bits per heavy atom. The number of nitrogens with zero attached hydrogens (tertiary/aromatic N) is 3. The lowest BCUT2D eigenvalue weighted by atomic mass is 10.2. The number of benzene rings is 1. The minimum Gasteiger partial charge on any atom is -0.334 e. The van der Waals surface area contributed by atoms with Gasteiger partial charge in [-0.05, 0) is 25.4 Å². The van der Waals surface area contributed by atoms with Crippen molar-refractivity contribution in [1.82, 2.24) is 20.4 Å². The van der Waals surface area contributed by atoms with Gasteiger partial charge in [-0.25, -0.2) is 0 Å². The zero-order chi connectivity index (χ0) is 13.9. The smallest absolute Gasteiger partial charge is 0.259 e. The molecule has 1 aromatic heterocycles. The minimum absolute atomic E-state index is 0.183. The minimum atomic E-state index is 0.183. The molecule has 1 fully saturated rings. The molecule has 1 N–H and O–H groups in total. The summed E-state index contributed by atoms with van der Waals surface area (Å²) in [6, 6.07) is 8.28. The molecular weight excluding hydrogens is 272 g/mol. The standard InChI is InChI=1S/C14H18N4OS/c1-18-8-7-15-9-11(18)13-16-14(19-17-13)10-5-3-4-6-12(10)20-2/h3-6,11,15H,7-9H2,1-2H3. The largest absolute Gasteiger partial charge is 0.334 e. The van der Waals surface area contributed by atoms with Crippen LogP contribution in [0.25, 0.3) is 11.5 Å². The monoisotopic (exact) mass is 290 g/mol. The van der Waals surface area contributed by atoms with E-state index in [0.717, 1.165) is 35.9 Å². The zero-order valence-corrected chi connectivity index (χ0v) is 12.5. The Morgan fingerprint density at radius 2 is 2.25 bits per heavy atom. The molecule has 2 aromatic rings. The molecule has 5 nitrogen and oxygen atoms in total. The molecule has 1 unspecified atom stereocenters. The Kier molecular flexibility index (Phi) is 4.05. The van der Waals surface area contributed by atoms with E-state index in [2.05, 4.69) is 39.7 Å². The average molecular weight is 290 g/mol. The van der Waals surface area contributed by atoms with Crippen LogP contribution in [-0.4, -0.2) is 48.0 Å². The SMILES string of the molecule is CSc1ccccc1-c1nc(C2CNCCN2C)no1. The van der Waals surface area contributed by atoms with Crippen LogP contribution in [0.15, 0.2) is 33.7 Å². The van der Waals surface area contributed by atoms with Gasteiger partial charge in [0.05, 0.1) is 11.6 Å². The first-order valence-corrected chi connectivity index (χ1v) is 7.90. The van der Waals surface area contributed by atoms with Gasteiger partial charge in [0.15, 0.2) is 5.82 Å². The Bertz CT molecular complexity index is 586. The number of nitrogens with one attached hydrogen (secondary N) is 1. The molecule has 0 saturated carbocycles. The number of likely N-dealkylation sites (N-methyl/N-ethyl adjacent to an activating group) is 1. The molecular formula is C14H18N4OS. The maximum absolute atomic E-state index is 5.47. The van der Waals surface area contributed by atoms with Crippen molar-refractivity contribution < 1.29 is 4.52 Å². The van der Waals surface area contributed by atoms with Gasteiger partial charge < -0.3 is 9.84 Å². The topological polar surface area (TPSA) is 54.2 Å². The van der Waals surface area contributed by atoms with E-state index in [9.17, 15) is 0 Å². The van der Waals surface area contributed by atoms with Crippen molar-refractivity contribution in [2.45, 2.75) is 10.9 Å². The summed E-state index contributed by atoms with van der Waals surface area (Å²) in [5.41, 5.74) is 1.00. The van der Waals surface area contributed by atoms with Crippen LogP contribution in [0.5, 0.6) is 0 Å². The summed E-state index contributed by atoms with van der Waals surface area (Å²) < 4.78 is 5.47. The number of hydrogen-bond acceptors (Lipinski definition) is 6. The maximum Gasteiger partial charge on any atom is 0.259 e. The molecule has 0 bridgehead atoms. The lowest BCUT2D eigenvalue weighted by Crippen LogP contribution is -2.44. The highest BCUT2D eigenvalue weighted by Crippen LogP contribution is 2.30. The summed E-state index contributed by atoms with van der Waals surface area (Å²) in [5, 5.41) is 7.53. The summed E-state index contributed by atoms with van der Waals surface area (Å²) in [6.07, 6.45) is 2.05. The highest BCUT2D eigenvalue weighted by molar-refractivity contribution is 7.98. The third-order valence-electron chi connectivity index (χ3n) is 3.59. The van der Waals surface area contributed by atoms with E-state index in [4.69, 9.17) is 4.52 Å². The fraction of sp³-hybridized carbons (Fsp3) is 0.429. The van der Waals surface area contributed by atoms with Gasteiger partial charge >= 0.3 is 0 Å². The van der Waals surface area contributed by atoms with Crippen molar-refractivity contribution in [2.24, 2.45) is 0 Å². The molecule has 1 aliphatic heterocycles. The van der Waals surface area contributed by atoms with Crippen LogP contribution < -0.4 is 5.32 Å². The first kappa shape index (κ1) is 13.6. The summed E-state index contributed by atoms with van der Waals surface area (Å²) in [7, 11) is 2.09. The van der Waals surface area contributed by atoms with Crippen molar-refractivity contribution in [2.75, 3.05) is 32.9 Å². The summed E-state index contributed by atoms with van der Waals surface area (Å²) in [5.74, 6) is 1.36. The highest BCUT2D eigenvalue weighted by atomic mass is 32.2. The van der Waals surface area contributed by atoms with Gasteiger partial charge in [0.1, 0.15) is 0 Å². The van der Waals surface area contributed by atoms with E-state index < -0.39 is 0 Å². The van der Waals surface area contributed by atoms with E-state index >= 15 is 0 Å². The Hall–Kier alpha value is -1.37. The quantitative estimate of drug-likeness (QED) is 0.873. The third kappa shape index (κ3) is 2.59. The zero-order valence-electron chi connectivity index (χ0n) is 11.7. The second kappa shape index (κ2) is 5.95. The molecule has 3 rings (SSSR count). The van der Waals surface area contributed by atoms with E-state index in [-0.39, 0.29) is 6.04 Å². The first-order chi connectivity index (χ1) is 9.79. The highest BCUT2D eigenvalue weighted by Gasteiger charge is 2.25. The van der Waals surface area contributed by atoms with E-state index in [0.29, 0.717) is 5.89 Å². The van der Waals surface area contributed by atoms with E-state index in [1.54, 1.807) is 11.8 Å². The van der Waals surface area contributed by atoms with Crippen molar-refractivity contribution in [1.29, 1.82) is 0 Å². The Labute approximate surface area is 122 Å². The van der Waals surface area contributed by atoms with Crippen molar-refractivity contribution in [3.8, 4) is 11.5 Å². The second-order valence-corrected chi connectivity index (χ2v) is 5.71. The Morgan fingerprint density at radius 1 is 1.40 bits per heavy atom. The molecule has 0 aliphatic carbocycles. The van der Waals surface area contributed by atoms with Crippen LogP contribution in [0.1, 0.15) is 11.9 Å². The molecule has 0 amide bonds. The summed E-state index contributed by atoms with van der Waals surface area (Å²) in [6.45, 7) is 2.86. The third-order valence-corrected chi connectivity index (χ3v) is 4.38. The summed E-state index contributed by atoms with van der Waals surface area (Å²) in [4.78, 5) is 8.00. The number of rotatable bonds is 3. The van der Waals surface area contributed by atoms with Gasteiger partial charge in [-0.2, -0.15) is 4.98 Å². The maximum atomic E-state index is 5.47. The lowest BCUT2D eigenvalue weighted by Gasteiger charge is -2.30. The summed E-state index contributed by atoms with van der Waals surface area (Å²) >= 11 is 1.69. The van der Waals surface area contributed by atoms with Crippen LogP contribution in [0, 0.1) is 0 Å². The normalized spacial score (nSPS) is 20.2. The number of thioether (sulfide) groups is 1. The van der Waals surface area contributed by atoms with E-state index in [1.807, 2.05) is 18.2 Å². The molecule has 1 saturated heterocycles. The number of hydrogen-bond donors (Lipinski definition) is 1. The molecule has 0 spiro atoms. The molecule has 1 atom stereocenters. The van der Waals surface area contributed by atoms with Crippen LogP contribution in [0.2, 0.25) is 0 Å². The predicted molar refractivity (Wildman–Crippen MR) is 79.8 cm³/mol. The fourth-order valence-corrected chi connectivity index (χ4v) is 2.99. The van der Waals surface area contributed by atoms with Crippen LogP contribution in [-0.2, 0) is 0 Å². The van der Waals surface area contributed by atoms with Crippen molar-refractivity contribution >= 4 is 11.8 Å². The van der Waals surface area contributed by atoms with Crippen molar-refractivity contribution in [3.63, 3.8) is 0 Å². The van der Waals surface area contributed by atoms with Gasteiger partial charge in [0.2, 0.25) is 0 Å². The molecule has 1 aliphatic rings. The predicted octanol–water partition coefficient (Wildman–Crippen LogP) is 2.03. The number of aromatic nitrogens is 2. The second-order valence-electron chi connectivity index (χ2n) is 4.86. The lowest BCUT2D eigenvalue weighted by molar-refractivity contribution is 0.190. The number of piperazine rings is 1. The molecule has 0 radical (unpaired) electrons. The van der Waals surface area contributed by atoms with Crippen LogP contribution in [0.4, 0.5) is 0 Å². The van der Waals surface area contributed by atoms with Crippen LogP contribution >= 0.6 is 11.8 Å². The molecule has 106 valence electrons. The first-order valence-electron chi connectivity index (χ1n) is 6.67. The molecule has 1 aromatic carbocycles. The van der Waals surface area contributed by atoms with Crippen LogP contribution in [0.3, 0.4) is 0 Å².